The summed E-state index contributed by atoms with van der Waals surface area (Å²) in [6.45, 7) is 6.70. The van der Waals surface area contributed by atoms with Crippen molar-refractivity contribution < 1.29 is 18.4 Å². The second-order valence-electron chi connectivity index (χ2n) is 9.69. The van der Waals surface area contributed by atoms with Crippen LogP contribution >= 0.6 is 0 Å². The number of nitrogens with one attached hydrogen (secondary N) is 1. The smallest absolute Gasteiger partial charge is 0.298 e. The highest BCUT2D eigenvalue weighted by molar-refractivity contribution is 6.07. The van der Waals surface area contributed by atoms with Crippen molar-refractivity contribution in [2.75, 3.05) is 37.6 Å². The fraction of sp³-hybridized carbons (Fsp3) is 0.609. The van der Waals surface area contributed by atoms with E-state index < -0.39 is 12.0 Å². The molecule has 1 aliphatic carbocycles. The molecular formula is C23H30F2N6O2. The highest BCUT2D eigenvalue weighted by Crippen LogP contribution is 2.39. The molecule has 10 heteroatoms. The molecule has 2 aliphatic heterocycles. The van der Waals surface area contributed by atoms with Gasteiger partial charge in [-0.2, -0.15) is 5.10 Å². The molecule has 3 aliphatic rings. The van der Waals surface area contributed by atoms with Gasteiger partial charge in [-0.3, -0.25) is 24.8 Å². The lowest BCUT2D eigenvalue weighted by Crippen LogP contribution is -2.52. The summed E-state index contributed by atoms with van der Waals surface area (Å²) in [4.78, 5) is 30.1. The van der Waals surface area contributed by atoms with Gasteiger partial charge >= 0.3 is 6.03 Å². The highest BCUT2D eigenvalue weighted by atomic mass is 19.3. The number of hydrogen-bond acceptors (Lipinski definition) is 5. The first kappa shape index (κ1) is 22.2. The van der Waals surface area contributed by atoms with Crippen LogP contribution < -0.4 is 10.2 Å². The number of alkyl halides is 2. The van der Waals surface area contributed by atoms with Crippen LogP contribution in [-0.4, -0.2) is 76.0 Å². The van der Waals surface area contributed by atoms with Crippen molar-refractivity contribution in [3.8, 4) is 0 Å². The lowest BCUT2D eigenvalue weighted by molar-refractivity contribution is -0.120. The zero-order valence-electron chi connectivity index (χ0n) is 18.8. The van der Waals surface area contributed by atoms with Crippen LogP contribution in [0.4, 0.5) is 19.3 Å². The molecule has 4 heterocycles. The highest BCUT2D eigenvalue weighted by Gasteiger charge is 2.40. The fourth-order valence-electron chi connectivity index (χ4n) is 5.38. The van der Waals surface area contributed by atoms with Crippen molar-refractivity contribution in [1.29, 1.82) is 0 Å². The summed E-state index contributed by atoms with van der Waals surface area (Å²) in [5, 5.41) is 6.71. The van der Waals surface area contributed by atoms with Gasteiger partial charge in [-0.1, -0.05) is 0 Å². The third kappa shape index (κ3) is 4.72. The van der Waals surface area contributed by atoms with Gasteiger partial charge in [0, 0.05) is 70.8 Å². The number of aromatic nitrogens is 2. The topological polar surface area (TPSA) is 73.2 Å². The molecule has 2 saturated heterocycles. The van der Waals surface area contributed by atoms with Crippen LogP contribution in [0.15, 0.2) is 24.5 Å². The standard InChI is InChI=1S/C23H30F2N6O2/c1-16-13-28(8-9-29(16)15-18-2-5-23(24,25)11-18)14-17-3-7-31-19(10-17)20(12-26-31)30-6-4-21(32)27-22(30)33/h3,7,10,12,16,18H,2,4-6,8-9,11,13-15H2,1H3,(H,27,32,33)/t16-,18+/m0/s1. The number of halogens is 2. The van der Waals surface area contributed by atoms with E-state index in [1.54, 1.807) is 15.6 Å². The number of fused-ring (bicyclic) bond motifs is 1. The van der Waals surface area contributed by atoms with E-state index in [9.17, 15) is 18.4 Å². The largest absolute Gasteiger partial charge is 0.328 e. The number of urea groups is 1. The molecule has 3 fully saturated rings. The van der Waals surface area contributed by atoms with E-state index >= 15 is 0 Å². The number of imide groups is 1. The van der Waals surface area contributed by atoms with Crippen molar-refractivity contribution in [2.45, 2.75) is 51.1 Å². The summed E-state index contributed by atoms with van der Waals surface area (Å²) in [7, 11) is 0. The maximum Gasteiger partial charge on any atom is 0.328 e. The number of carbonyl (C=O) groups is 2. The molecule has 2 aromatic rings. The molecule has 1 saturated carbocycles. The van der Waals surface area contributed by atoms with Crippen LogP contribution in [0.5, 0.6) is 0 Å². The maximum atomic E-state index is 13.6. The van der Waals surface area contributed by atoms with Crippen LogP contribution in [0.1, 0.15) is 38.2 Å². The summed E-state index contributed by atoms with van der Waals surface area (Å²) in [5.74, 6) is -2.65. The van der Waals surface area contributed by atoms with Crippen LogP contribution in [0.25, 0.3) is 5.52 Å². The van der Waals surface area contributed by atoms with E-state index in [4.69, 9.17) is 0 Å². The molecule has 2 atom stereocenters. The van der Waals surface area contributed by atoms with Gasteiger partial charge in [0.25, 0.3) is 0 Å². The average molecular weight is 461 g/mol. The number of amides is 3. The third-order valence-electron chi connectivity index (χ3n) is 7.16. The van der Waals surface area contributed by atoms with E-state index in [0.29, 0.717) is 24.7 Å². The summed E-state index contributed by atoms with van der Waals surface area (Å²) < 4.78 is 28.8. The average Bonchev–Trinajstić information content (AvgIpc) is 3.32. The Labute approximate surface area is 191 Å². The zero-order chi connectivity index (χ0) is 23.2. The Morgan fingerprint density at radius 2 is 2.09 bits per heavy atom. The molecule has 0 unspecified atom stereocenters. The number of anilines is 1. The molecule has 33 heavy (non-hydrogen) atoms. The molecular weight excluding hydrogens is 430 g/mol. The first-order valence-corrected chi connectivity index (χ1v) is 11.7. The molecule has 8 nitrogen and oxygen atoms in total. The summed E-state index contributed by atoms with van der Waals surface area (Å²) in [6.07, 6.45) is 4.49. The van der Waals surface area contributed by atoms with Gasteiger partial charge in [-0.25, -0.2) is 18.1 Å². The summed E-state index contributed by atoms with van der Waals surface area (Å²) >= 11 is 0. The molecule has 3 amide bonds. The molecule has 0 aromatic carbocycles. The van der Waals surface area contributed by atoms with Crippen LogP contribution in [0.3, 0.4) is 0 Å². The van der Waals surface area contributed by atoms with E-state index in [0.717, 1.165) is 43.8 Å². The van der Waals surface area contributed by atoms with Crippen molar-refractivity contribution in [2.24, 2.45) is 5.92 Å². The minimum absolute atomic E-state index is 0.0246. The molecule has 0 radical (unpaired) electrons. The van der Waals surface area contributed by atoms with Gasteiger partial charge in [-0.15, -0.1) is 0 Å². The van der Waals surface area contributed by atoms with Gasteiger partial charge < -0.3 is 0 Å². The van der Waals surface area contributed by atoms with Crippen LogP contribution in [0.2, 0.25) is 0 Å². The molecule has 1 N–H and O–H groups in total. The lowest BCUT2D eigenvalue weighted by atomic mass is 10.0. The Hall–Kier alpha value is -2.59. The number of rotatable bonds is 5. The van der Waals surface area contributed by atoms with Crippen molar-refractivity contribution in [3.05, 3.63) is 30.1 Å². The van der Waals surface area contributed by atoms with E-state index in [2.05, 4.69) is 27.1 Å². The zero-order valence-corrected chi connectivity index (χ0v) is 18.8. The quantitative estimate of drug-likeness (QED) is 0.743. The lowest BCUT2D eigenvalue weighted by Gasteiger charge is -2.41. The van der Waals surface area contributed by atoms with Crippen LogP contribution in [-0.2, 0) is 11.3 Å². The predicted molar refractivity (Wildman–Crippen MR) is 119 cm³/mol. The molecule has 178 valence electrons. The second kappa shape index (κ2) is 8.64. The third-order valence-corrected chi connectivity index (χ3v) is 7.16. The van der Waals surface area contributed by atoms with Gasteiger partial charge in [0.2, 0.25) is 11.8 Å². The SMILES string of the molecule is C[C@H]1CN(Cc2ccn3ncc(N4CCC(=O)NC4=O)c3c2)CCN1C[C@@H]1CCC(F)(F)C1. The molecule has 0 spiro atoms. The first-order chi connectivity index (χ1) is 15.8. The fourth-order valence-corrected chi connectivity index (χ4v) is 5.38. The second-order valence-corrected chi connectivity index (χ2v) is 9.69. The predicted octanol–water partition coefficient (Wildman–Crippen LogP) is 2.72. The van der Waals surface area contributed by atoms with E-state index in [-0.39, 0.29) is 31.1 Å². The number of hydrogen-bond donors (Lipinski definition) is 1. The van der Waals surface area contributed by atoms with E-state index in [1.807, 2.05) is 18.3 Å². The van der Waals surface area contributed by atoms with Crippen molar-refractivity contribution in [1.82, 2.24) is 24.7 Å². The Bertz CT molecular complexity index is 1060. The minimum atomic E-state index is -2.48. The van der Waals surface area contributed by atoms with Crippen LogP contribution in [0, 0.1) is 5.92 Å². The normalized spacial score (nSPS) is 26.8. The molecule has 0 bridgehead atoms. The Morgan fingerprint density at radius 3 is 2.82 bits per heavy atom. The number of nitrogens with zero attached hydrogens (tertiary/aromatic N) is 5. The Balaban J connectivity index is 1.23. The van der Waals surface area contributed by atoms with Gasteiger partial charge in [0.05, 0.1) is 17.4 Å². The van der Waals surface area contributed by atoms with Gasteiger partial charge in [-0.05, 0) is 37.0 Å². The molecule has 2 aromatic heterocycles. The van der Waals surface area contributed by atoms with Gasteiger partial charge in [0.15, 0.2) is 0 Å². The van der Waals surface area contributed by atoms with Crippen molar-refractivity contribution >= 4 is 23.1 Å². The van der Waals surface area contributed by atoms with Gasteiger partial charge in [0.1, 0.15) is 0 Å². The minimum Gasteiger partial charge on any atom is -0.298 e. The summed E-state index contributed by atoms with van der Waals surface area (Å²) in [6, 6.07) is 3.97. The van der Waals surface area contributed by atoms with Crippen molar-refractivity contribution in [3.63, 3.8) is 0 Å². The Kier molecular flexibility index (Phi) is 5.82. The first-order valence-electron chi connectivity index (χ1n) is 11.7. The number of pyridine rings is 1. The molecule has 5 rings (SSSR count). The van der Waals surface area contributed by atoms with E-state index in [1.165, 1.54) is 0 Å². The summed E-state index contributed by atoms with van der Waals surface area (Å²) in [5.41, 5.74) is 2.63. The Morgan fingerprint density at radius 1 is 1.24 bits per heavy atom. The number of carbonyl (C=O) groups excluding carboxylic acids is 2. The maximum absolute atomic E-state index is 13.6. The monoisotopic (exact) mass is 460 g/mol. The number of piperazine rings is 1.